The van der Waals surface area contributed by atoms with Crippen molar-refractivity contribution in [3.63, 3.8) is 0 Å². The third-order valence-electron chi connectivity index (χ3n) is 3.52. The fourth-order valence-electron chi connectivity index (χ4n) is 2.23. The molecule has 0 spiro atoms. The molecule has 21 heavy (non-hydrogen) atoms. The SMILES string of the molecule is C/C=C/CC(NC(=O)C1CCN(S(C)(=O)=O)CC1)C(=O)O. The quantitative estimate of drug-likeness (QED) is 0.681. The normalized spacial score (nSPS) is 19.5. The highest BCUT2D eigenvalue weighted by Crippen LogP contribution is 2.19. The highest BCUT2D eigenvalue weighted by atomic mass is 32.2. The van der Waals surface area contributed by atoms with Crippen molar-refractivity contribution in [2.75, 3.05) is 19.3 Å². The van der Waals surface area contributed by atoms with Crippen LogP contribution in [0.3, 0.4) is 0 Å². The number of sulfonamides is 1. The van der Waals surface area contributed by atoms with Gasteiger partial charge in [-0.05, 0) is 26.2 Å². The second kappa shape index (κ2) is 7.56. The third kappa shape index (κ3) is 5.47. The summed E-state index contributed by atoms with van der Waals surface area (Å²) < 4.78 is 24.1. The van der Waals surface area contributed by atoms with Gasteiger partial charge in [-0.2, -0.15) is 0 Å². The molecule has 0 saturated carbocycles. The lowest BCUT2D eigenvalue weighted by molar-refractivity contribution is -0.142. The largest absolute Gasteiger partial charge is 0.480 e. The minimum absolute atomic E-state index is 0.236. The number of carboxylic acids is 1. The molecule has 1 heterocycles. The topological polar surface area (TPSA) is 104 Å². The third-order valence-corrected chi connectivity index (χ3v) is 4.82. The molecule has 0 radical (unpaired) electrons. The Morgan fingerprint density at radius 3 is 2.38 bits per heavy atom. The van der Waals surface area contributed by atoms with Crippen LogP contribution in [0.15, 0.2) is 12.2 Å². The zero-order chi connectivity index (χ0) is 16.0. The lowest BCUT2D eigenvalue weighted by Crippen LogP contribution is -2.47. The number of amides is 1. The summed E-state index contributed by atoms with van der Waals surface area (Å²) in [6.07, 6.45) is 5.62. The van der Waals surface area contributed by atoms with E-state index in [1.807, 2.05) is 0 Å². The van der Waals surface area contributed by atoms with Crippen molar-refractivity contribution in [1.82, 2.24) is 9.62 Å². The van der Waals surface area contributed by atoms with Crippen LogP contribution in [-0.2, 0) is 19.6 Å². The number of piperidine rings is 1. The van der Waals surface area contributed by atoms with E-state index in [0.29, 0.717) is 25.9 Å². The van der Waals surface area contributed by atoms with E-state index in [1.54, 1.807) is 19.1 Å². The van der Waals surface area contributed by atoms with Crippen molar-refractivity contribution in [2.45, 2.75) is 32.2 Å². The van der Waals surface area contributed by atoms with Crippen molar-refractivity contribution in [2.24, 2.45) is 5.92 Å². The number of allylic oxidation sites excluding steroid dienone is 1. The molecule has 0 aromatic rings. The first kappa shape index (κ1) is 17.6. The molecule has 1 saturated heterocycles. The maximum atomic E-state index is 12.1. The molecule has 0 aromatic carbocycles. The second-order valence-electron chi connectivity index (χ2n) is 5.14. The molecule has 7 nitrogen and oxygen atoms in total. The Morgan fingerprint density at radius 1 is 1.38 bits per heavy atom. The summed E-state index contributed by atoms with van der Waals surface area (Å²) in [6, 6.07) is -0.943. The number of aliphatic carboxylic acids is 1. The van der Waals surface area contributed by atoms with Gasteiger partial charge in [-0.15, -0.1) is 0 Å². The minimum atomic E-state index is -3.23. The summed E-state index contributed by atoms with van der Waals surface area (Å²) in [5.41, 5.74) is 0. The number of carboxylic acid groups (broad SMARTS) is 1. The van der Waals surface area contributed by atoms with Gasteiger partial charge in [0, 0.05) is 19.0 Å². The van der Waals surface area contributed by atoms with Gasteiger partial charge in [0.2, 0.25) is 15.9 Å². The molecule has 120 valence electrons. The molecule has 1 aliphatic rings. The molecule has 8 heteroatoms. The second-order valence-corrected chi connectivity index (χ2v) is 7.12. The Kier molecular flexibility index (Phi) is 6.35. The van der Waals surface area contributed by atoms with E-state index >= 15 is 0 Å². The first-order chi connectivity index (χ1) is 9.75. The Hall–Kier alpha value is -1.41. The average Bonchev–Trinajstić information content (AvgIpc) is 2.42. The van der Waals surface area contributed by atoms with Crippen molar-refractivity contribution in [3.05, 3.63) is 12.2 Å². The van der Waals surface area contributed by atoms with E-state index in [2.05, 4.69) is 5.32 Å². The van der Waals surface area contributed by atoms with Gasteiger partial charge in [-0.1, -0.05) is 12.2 Å². The summed E-state index contributed by atoms with van der Waals surface area (Å²) in [7, 11) is -3.23. The van der Waals surface area contributed by atoms with Gasteiger partial charge in [0.1, 0.15) is 6.04 Å². The molecule has 1 amide bonds. The van der Waals surface area contributed by atoms with Crippen LogP contribution in [0.1, 0.15) is 26.2 Å². The van der Waals surface area contributed by atoms with Gasteiger partial charge in [0.15, 0.2) is 0 Å². The van der Waals surface area contributed by atoms with Crippen LogP contribution in [0.4, 0.5) is 0 Å². The van der Waals surface area contributed by atoms with Crippen LogP contribution < -0.4 is 5.32 Å². The summed E-state index contributed by atoms with van der Waals surface area (Å²) in [5.74, 6) is -1.73. The number of nitrogens with zero attached hydrogens (tertiary/aromatic N) is 1. The summed E-state index contributed by atoms with van der Waals surface area (Å²) in [5, 5.41) is 11.6. The van der Waals surface area contributed by atoms with Gasteiger partial charge < -0.3 is 10.4 Å². The Bertz CT molecular complexity index is 507. The lowest BCUT2D eigenvalue weighted by atomic mass is 9.96. The van der Waals surface area contributed by atoms with Crippen molar-refractivity contribution >= 4 is 21.9 Å². The van der Waals surface area contributed by atoms with E-state index < -0.39 is 22.0 Å². The van der Waals surface area contributed by atoms with Gasteiger partial charge in [-0.25, -0.2) is 17.5 Å². The number of carbonyl (C=O) groups is 2. The molecule has 1 aliphatic heterocycles. The maximum Gasteiger partial charge on any atom is 0.326 e. The smallest absolute Gasteiger partial charge is 0.326 e. The van der Waals surface area contributed by atoms with Crippen molar-refractivity contribution in [1.29, 1.82) is 0 Å². The van der Waals surface area contributed by atoms with Gasteiger partial charge in [-0.3, -0.25) is 4.79 Å². The number of nitrogens with one attached hydrogen (secondary N) is 1. The number of rotatable bonds is 6. The highest BCUT2D eigenvalue weighted by Gasteiger charge is 2.30. The fourth-order valence-corrected chi connectivity index (χ4v) is 3.11. The molecular weight excluding hydrogens is 296 g/mol. The van der Waals surface area contributed by atoms with E-state index in [0.717, 1.165) is 6.26 Å². The fraction of sp³-hybridized carbons (Fsp3) is 0.692. The maximum absolute atomic E-state index is 12.1. The van der Waals surface area contributed by atoms with Crippen LogP contribution in [0, 0.1) is 5.92 Å². The average molecular weight is 318 g/mol. The Labute approximate surface area is 125 Å². The summed E-state index contributed by atoms with van der Waals surface area (Å²) in [6.45, 7) is 2.37. The van der Waals surface area contributed by atoms with Gasteiger partial charge in [0.05, 0.1) is 6.26 Å². The molecule has 0 aromatic heterocycles. The van der Waals surface area contributed by atoms with Crippen LogP contribution in [0.2, 0.25) is 0 Å². The molecular formula is C13H22N2O5S. The Morgan fingerprint density at radius 2 is 1.95 bits per heavy atom. The molecule has 1 unspecified atom stereocenters. The first-order valence-electron chi connectivity index (χ1n) is 6.85. The molecule has 2 N–H and O–H groups in total. The summed E-state index contributed by atoms with van der Waals surface area (Å²) >= 11 is 0. The predicted octanol–water partition coefficient (Wildman–Crippen LogP) is 0.194. The van der Waals surface area contributed by atoms with E-state index in [-0.39, 0.29) is 18.2 Å². The highest BCUT2D eigenvalue weighted by molar-refractivity contribution is 7.88. The summed E-state index contributed by atoms with van der Waals surface area (Å²) in [4.78, 5) is 23.1. The standard InChI is InChI=1S/C13H22N2O5S/c1-3-4-5-11(13(17)18)14-12(16)10-6-8-15(9-7-10)21(2,19)20/h3-4,10-11H,5-9H2,1-2H3,(H,14,16)(H,17,18)/b4-3+. The van der Waals surface area contributed by atoms with Crippen LogP contribution in [-0.4, -0.2) is 55.1 Å². The van der Waals surface area contributed by atoms with Crippen LogP contribution >= 0.6 is 0 Å². The number of hydrogen-bond donors (Lipinski definition) is 2. The zero-order valence-electron chi connectivity index (χ0n) is 12.3. The van der Waals surface area contributed by atoms with E-state index in [1.165, 1.54) is 4.31 Å². The van der Waals surface area contributed by atoms with E-state index in [9.17, 15) is 18.0 Å². The van der Waals surface area contributed by atoms with E-state index in [4.69, 9.17) is 5.11 Å². The minimum Gasteiger partial charge on any atom is -0.480 e. The van der Waals surface area contributed by atoms with Crippen molar-refractivity contribution in [3.8, 4) is 0 Å². The molecule has 1 rings (SSSR count). The van der Waals surface area contributed by atoms with Gasteiger partial charge >= 0.3 is 5.97 Å². The van der Waals surface area contributed by atoms with Gasteiger partial charge in [0.25, 0.3) is 0 Å². The molecule has 0 aliphatic carbocycles. The first-order valence-corrected chi connectivity index (χ1v) is 8.70. The predicted molar refractivity (Wildman–Crippen MR) is 78.1 cm³/mol. The van der Waals surface area contributed by atoms with Crippen LogP contribution in [0.5, 0.6) is 0 Å². The number of hydrogen-bond acceptors (Lipinski definition) is 4. The molecule has 1 fully saturated rings. The molecule has 1 atom stereocenters. The lowest BCUT2D eigenvalue weighted by Gasteiger charge is -2.30. The zero-order valence-corrected chi connectivity index (χ0v) is 13.1. The van der Waals surface area contributed by atoms with Crippen LogP contribution in [0.25, 0.3) is 0 Å². The molecule has 0 bridgehead atoms. The van der Waals surface area contributed by atoms with Crippen molar-refractivity contribution < 1.29 is 23.1 Å². The monoisotopic (exact) mass is 318 g/mol. The number of carbonyl (C=O) groups excluding carboxylic acids is 1. The Balaban J connectivity index is 2.55.